The van der Waals surface area contributed by atoms with E-state index < -0.39 is 0 Å². The number of para-hydroxylation sites is 2. The first-order valence-electron chi connectivity index (χ1n) is 19.8. The van der Waals surface area contributed by atoms with Gasteiger partial charge in [-0.15, -0.1) is 11.3 Å². The molecule has 0 aliphatic carbocycles. The van der Waals surface area contributed by atoms with E-state index in [0.717, 1.165) is 78.4 Å². The molecular formula is C54H37N2O2S+. The molecule has 4 heterocycles. The molecule has 7 aromatic carbocycles. The second-order valence-electron chi connectivity index (χ2n) is 14.9. The van der Waals surface area contributed by atoms with Crippen LogP contribution in [0, 0.1) is 0 Å². The molecule has 2 aliphatic heterocycles. The van der Waals surface area contributed by atoms with Gasteiger partial charge in [-0.1, -0.05) is 91.5 Å². The van der Waals surface area contributed by atoms with Crippen LogP contribution in [0.25, 0.3) is 76.2 Å². The lowest BCUT2D eigenvalue weighted by molar-refractivity contribution is 0.477. The monoisotopic (exact) mass is 777 g/mol. The van der Waals surface area contributed by atoms with Gasteiger partial charge in [-0.2, -0.15) is 4.58 Å². The summed E-state index contributed by atoms with van der Waals surface area (Å²) in [6, 6.07) is 50.9. The van der Waals surface area contributed by atoms with Crippen LogP contribution >= 0.6 is 11.3 Å². The molecule has 0 radical (unpaired) electrons. The van der Waals surface area contributed by atoms with E-state index in [4.69, 9.17) is 4.42 Å². The standard InChI is InChI=1S/C54H36N2O2S/c1-3-13-50-45(33-56-46-20-7-4-17-39(46)40-18-5-8-21-47(40)56)42-25-26-48-53(54(42)58-50)34(2)14-10-11-29-55(48)38-24-27-49(57)43(32-38)37-16-12-15-35(30-37)36-23-28-52-44(31-36)41-19-6-9-22-51(41)59-52/h3-33H,2H2,1H3/p+1/b13-3-,14-10-,29-11-. The number of nitrogens with zero attached hydrogens (tertiary/aromatic N) is 2. The van der Waals surface area contributed by atoms with Crippen molar-refractivity contribution in [3.8, 4) is 39.1 Å². The lowest BCUT2D eigenvalue weighted by atomic mass is 9.96. The lowest BCUT2D eigenvalue weighted by Crippen LogP contribution is -2.11. The molecule has 0 saturated heterocycles. The molecule has 0 saturated carbocycles. The smallest absolute Gasteiger partial charge is 0.219 e. The maximum atomic E-state index is 11.4. The van der Waals surface area contributed by atoms with Gasteiger partial charge in [0.2, 0.25) is 11.4 Å². The molecule has 1 N–H and O–H groups in total. The zero-order valence-corrected chi connectivity index (χ0v) is 33.1. The van der Waals surface area contributed by atoms with Crippen LogP contribution in [0.15, 0.2) is 187 Å². The Morgan fingerprint density at radius 3 is 2.24 bits per heavy atom. The van der Waals surface area contributed by atoms with Gasteiger partial charge in [-0.05, 0) is 108 Å². The molecule has 280 valence electrons. The van der Waals surface area contributed by atoms with Crippen molar-refractivity contribution in [3.05, 3.63) is 200 Å². The molecule has 0 unspecified atom stereocenters. The summed E-state index contributed by atoms with van der Waals surface area (Å²) in [5, 5.41) is 14.9. The summed E-state index contributed by atoms with van der Waals surface area (Å²) in [6.07, 6.45) is 14.4. The van der Waals surface area contributed by atoms with Gasteiger partial charge in [-0.3, -0.25) is 0 Å². The zero-order valence-electron chi connectivity index (χ0n) is 32.3. The molecule has 0 spiro atoms. The maximum Gasteiger partial charge on any atom is 0.219 e. The van der Waals surface area contributed by atoms with E-state index >= 15 is 0 Å². The summed E-state index contributed by atoms with van der Waals surface area (Å²) in [5.41, 5.74) is 13.9. The second-order valence-corrected chi connectivity index (χ2v) is 16.0. The predicted octanol–water partition coefficient (Wildman–Crippen LogP) is 15.0. The van der Waals surface area contributed by atoms with Gasteiger partial charge in [-0.25, -0.2) is 0 Å². The van der Waals surface area contributed by atoms with Crippen LogP contribution in [0.4, 0.5) is 22.7 Å². The molecule has 0 bridgehead atoms. The summed E-state index contributed by atoms with van der Waals surface area (Å²) in [4.78, 5) is 2.15. The summed E-state index contributed by atoms with van der Waals surface area (Å²) in [5.74, 6) is 0.991. The van der Waals surface area contributed by atoms with Crippen molar-refractivity contribution in [2.75, 3.05) is 4.90 Å². The van der Waals surface area contributed by atoms with E-state index in [-0.39, 0.29) is 5.75 Å². The Labute approximate surface area is 346 Å². The minimum absolute atomic E-state index is 0.216. The number of thiophene rings is 1. The van der Waals surface area contributed by atoms with E-state index in [1.54, 1.807) is 6.07 Å². The van der Waals surface area contributed by atoms with Crippen LogP contribution in [0.2, 0.25) is 0 Å². The first-order valence-corrected chi connectivity index (χ1v) is 20.6. The minimum Gasteiger partial charge on any atom is -0.507 e. The number of hydrogen-bond acceptors (Lipinski definition) is 4. The molecule has 0 amide bonds. The number of anilines is 2. The van der Waals surface area contributed by atoms with Crippen molar-refractivity contribution in [1.82, 2.24) is 4.58 Å². The number of benzene rings is 7. The Balaban J connectivity index is 1.03. The SMILES string of the molecule is C=C1/C=C\C=C/N(c2ccc(O)c(-c3cccc(-c4ccc5sc6ccccc6c5c4)c3)c2)c2ccc3c(C=[N+]4c5ccccc5-c5ccccc54)c(/C=C\C)oc3c21. The van der Waals surface area contributed by atoms with Gasteiger partial charge >= 0.3 is 0 Å². The second kappa shape index (κ2) is 13.9. The van der Waals surface area contributed by atoms with E-state index in [9.17, 15) is 5.11 Å². The molecule has 4 nitrogen and oxygen atoms in total. The fourth-order valence-electron chi connectivity index (χ4n) is 8.70. The van der Waals surface area contributed by atoms with Crippen molar-refractivity contribution < 1.29 is 9.52 Å². The number of furan rings is 1. The topological polar surface area (TPSA) is 39.6 Å². The number of hydrogen-bond donors (Lipinski definition) is 1. The van der Waals surface area contributed by atoms with Gasteiger partial charge in [0.15, 0.2) is 6.21 Å². The van der Waals surface area contributed by atoms with Crippen molar-refractivity contribution in [3.63, 3.8) is 0 Å². The average Bonchev–Trinajstić information content (AvgIpc) is 3.92. The third-order valence-electron chi connectivity index (χ3n) is 11.5. The molecular weight excluding hydrogens is 741 g/mol. The Hall–Kier alpha value is -7.47. The van der Waals surface area contributed by atoms with E-state index in [2.05, 4.69) is 162 Å². The highest BCUT2D eigenvalue weighted by atomic mass is 32.1. The Morgan fingerprint density at radius 2 is 1.41 bits per heavy atom. The van der Waals surface area contributed by atoms with Crippen molar-refractivity contribution in [1.29, 1.82) is 0 Å². The van der Waals surface area contributed by atoms with Crippen molar-refractivity contribution >= 4 is 83.1 Å². The normalized spacial score (nSPS) is 14.4. The number of aromatic hydroxyl groups is 1. The highest BCUT2D eigenvalue weighted by molar-refractivity contribution is 7.25. The summed E-state index contributed by atoms with van der Waals surface area (Å²) >= 11 is 1.82. The van der Waals surface area contributed by atoms with E-state index in [0.29, 0.717) is 0 Å². The molecule has 9 aromatic rings. The fourth-order valence-corrected chi connectivity index (χ4v) is 9.79. The third kappa shape index (κ3) is 5.70. The van der Waals surface area contributed by atoms with Gasteiger partial charge in [0.1, 0.15) is 17.1 Å². The zero-order chi connectivity index (χ0) is 39.6. The number of phenolic OH excluding ortho intramolecular Hbond substituents is 1. The number of fused-ring (bicyclic) bond motifs is 9. The quantitative estimate of drug-likeness (QED) is 0.177. The van der Waals surface area contributed by atoms with Gasteiger partial charge in [0.05, 0.1) is 22.4 Å². The lowest BCUT2D eigenvalue weighted by Gasteiger charge is -2.26. The van der Waals surface area contributed by atoms with Gasteiger partial charge in [0.25, 0.3) is 0 Å². The highest BCUT2D eigenvalue weighted by Crippen LogP contribution is 2.47. The molecule has 11 rings (SSSR count). The predicted molar refractivity (Wildman–Crippen MR) is 251 cm³/mol. The molecule has 2 aliphatic rings. The molecule has 0 fully saturated rings. The minimum atomic E-state index is 0.216. The number of allylic oxidation sites excluding steroid dienone is 5. The van der Waals surface area contributed by atoms with Crippen molar-refractivity contribution in [2.24, 2.45) is 0 Å². The highest BCUT2D eigenvalue weighted by Gasteiger charge is 2.32. The van der Waals surface area contributed by atoms with Crippen molar-refractivity contribution in [2.45, 2.75) is 6.92 Å². The number of rotatable bonds is 5. The summed E-state index contributed by atoms with van der Waals surface area (Å²) < 4.78 is 11.7. The van der Waals surface area contributed by atoms with Crippen LogP contribution in [0.3, 0.4) is 0 Å². The summed E-state index contributed by atoms with van der Waals surface area (Å²) in [7, 11) is 0. The maximum absolute atomic E-state index is 11.4. The van der Waals surface area contributed by atoms with Crippen LogP contribution in [-0.2, 0) is 0 Å². The van der Waals surface area contributed by atoms with E-state index in [1.165, 1.54) is 31.3 Å². The Bertz CT molecular complexity index is 3290. The van der Waals surface area contributed by atoms with Crippen LogP contribution in [0.1, 0.15) is 23.8 Å². The summed E-state index contributed by atoms with van der Waals surface area (Å²) in [6.45, 7) is 6.56. The first-order chi connectivity index (χ1) is 29.0. The largest absolute Gasteiger partial charge is 0.507 e. The molecule has 5 heteroatoms. The van der Waals surface area contributed by atoms with Crippen LogP contribution in [-0.4, -0.2) is 11.3 Å². The van der Waals surface area contributed by atoms with Gasteiger partial charge in [0, 0.05) is 60.7 Å². The third-order valence-corrected chi connectivity index (χ3v) is 12.6. The van der Waals surface area contributed by atoms with Crippen LogP contribution < -0.4 is 9.48 Å². The van der Waals surface area contributed by atoms with Gasteiger partial charge < -0.3 is 14.4 Å². The molecule has 2 aromatic heterocycles. The molecule has 59 heavy (non-hydrogen) atoms. The average molecular weight is 778 g/mol. The Morgan fingerprint density at radius 1 is 0.661 bits per heavy atom. The first kappa shape index (κ1) is 34.8. The van der Waals surface area contributed by atoms with Crippen LogP contribution in [0.5, 0.6) is 5.75 Å². The number of phenols is 1. The molecule has 0 atom stereocenters. The van der Waals surface area contributed by atoms with E-state index in [1.807, 2.05) is 54.7 Å². The Kier molecular flexibility index (Phi) is 8.17. The fraction of sp³-hybridized carbons (Fsp3) is 0.0185.